The summed E-state index contributed by atoms with van der Waals surface area (Å²) in [6.07, 6.45) is 3.48. The van der Waals surface area contributed by atoms with Crippen molar-refractivity contribution < 1.29 is 0 Å². The summed E-state index contributed by atoms with van der Waals surface area (Å²) in [5.41, 5.74) is 2.91. The Bertz CT molecular complexity index is 869. The molecule has 0 fully saturated rings. The first-order valence-corrected chi connectivity index (χ1v) is 6.72. The number of hydrogen-bond acceptors (Lipinski definition) is 3. The van der Waals surface area contributed by atoms with Crippen LogP contribution in [0.5, 0.6) is 0 Å². The number of rotatable bonds is 2. The lowest BCUT2D eigenvalue weighted by Gasteiger charge is -2.01. The smallest absolute Gasteiger partial charge is 0.178 e. The monoisotopic (exact) mass is 294 g/mol. The molecule has 0 saturated heterocycles. The van der Waals surface area contributed by atoms with Crippen molar-refractivity contribution in [3.05, 3.63) is 59.0 Å². The first-order valence-electron chi connectivity index (χ1n) is 6.34. The van der Waals surface area contributed by atoms with E-state index in [0.717, 1.165) is 11.1 Å². The Hall–Kier alpha value is -2.64. The van der Waals surface area contributed by atoms with Gasteiger partial charge in [0.25, 0.3) is 0 Å². The van der Waals surface area contributed by atoms with Crippen LogP contribution in [0.2, 0.25) is 5.02 Å². The topological polar surface area (TPSA) is 54.5 Å². The lowest BCUT2D eigenvalue weighted by atomic mass is 10.1. The number of halogens is 1. The van der Waals surface area contributed by atoms with Gasteiger partial charge in [0.05, 0.1) is 11.1 Å². The molecule has 0 aliphatic heterocycles. The predicted octanol–water partition coefficient (Wildman–Crippen LogP) is 3.69. The number of imidazole rings is 1. The molecule has 0 bridgehead atoms. The van der Waals surface area contributed by atoms with Crippen LogP contribution in [0.15, 0.2) is 42.6 Å². The fourth-order valence-electron chi connectivity index (χ4n) is 2.14. The Morgan fingerprint density at radius 3 is 2.71 bits per heavy atom. The summed E-state index contributed by atoms with van der Waals surface area (Å²) in [5.74, 6) is 0.598. The van der Waals surface area contributed by atoms with Crippen molar-refractivity contribution in [2.24, 2.45) is 7.05 Å². The molecule has 102 valence electrons. The minimum atomic E-state index is 0.484. The second-order valence-electron chi connectivity index (χ2n) is 4.56. The molecule has 0 unspecified atom stereocenters. The predicted molar refractivity (Wildman–Crippen MR) is 83.4 cm³/mol. The summed E-state index contributed by atoms with van der Waals surface area (Å²) in [6.45, 7) is 0. The first-order chi connectivity index (χ1) is 10.2. The molecule has 1 aromatic carbocycles. The number of benzene rings is 1. The molecule has 5 heteroatoms. The highest BCUT2D eigenvalue weighted by atomic mass is 35.5. The molecule has 3 aromatic rings. The molecule has 0 aliphatic carbocycles. The van der Waals surface area contributed by atoms with Crippen LogP contribution in [-0.2, 0) is 7.05 Å². The van der Waals surface area contributed by atoms with Crippen molar-refractivity contribution >= 4 is 34.4 Å². The molecule has 3 rings (SSSR count). The summed E-state index contributed by atoms with van der Waals surface area (Å²) in [4.78, 5) is 8.64. The lowest BCUT2D eigenvalue weighted by Crippen LogP contribution is -1.96. The van der Waals surface area contributed by atoms with Gasteiger partial charge in [-0.05, 0) is 35.9 Å². The van der Waals surface area contributed by atoms with Gasteiger partial charge >= 0.3 is 0 Å². The van der Waals surface area contributed by atoms with E-state index in [4.69, 9.17) is 11.6 Å². The Morgan fingerprint density at radius 1 is 1.29 bits per heavy atom. The summed E-state index contributed by atoms with van der Waals surface area (Å²) in [6, 6.07) is 13.3. The molecule has 0 atom stereocenters. The fraction of sp³-hybridized carbons (Fsp3) is 0.0625. The molecule has 0 saturated carbocycles. The van der Waals surface area contributed by atoms with Crippen molar-refractivity contribution in [1.82, 2.24) is 14.5 Å². The average Bonchev–Trinajstić information content (AvgIpc) is 2.84. The molecule has 2 aromatic heterocycles. The molecule has 0 amide bonds. The number of aryl methyl sites for hydroxylation is 1. The first kappa shape index (κ1) is 13.3. The number of fused-ring (bicyclic) bond motifs is 1. The van der Waals surface area contributed by atoms with E-state index in [1.165, 1.54) is 0 Å². The average molecular weight is 295 g/mol. The zero-order chi connectivity index (χ0) is 14.8. The maximum absolute atomic E-state index is 9.43. The Morgan fingerprint density at radius 2 is 2.05 bits per heavy atom. The van der Waals surface area contributed by atoms with E-state index < -0.39 is 0 Å². The molecule has 0 aliphatic rings. The van der Waals surface area contributed by atoms with Crippen LogP contribution in [0.3, 0.4) is 0 Å². The largest absolute Gasteiger partial charge is 0.325 e. The van der Waals surface area contributed by atoms with Gasteiger partial charge in [-0.3, -0.25) is 0 Å². The van der Waals surface area contributed by atoms with Crippen molar-refractivity contribution in [3.8, 4) is 6.07 Å². The Labute approximate surface area is 126 Å². The van der Waals surface area contributed by atoms with Gasteiger partial charge in [0.15, 0.2) is 11.5 Å². The highest BCUT2D eigenvalue weighted by Gasteiger charge is 2.12. The van der Waals surface area contributed by atoms with E-state index >= 15 is 0 Å². The van der Waals surface area contributed by atoms with Crippen LogP contribution in [0.4, 0.5) is 0 Å². The zero-order valence-corrected chi connectivity index (χ0v) is 12.0. The highest BCUT2D eigenvalue weighted by Crippen LogP contribution is 2.21. The third-order valence-corrected chi connectivity index (χ3v) is 3.45. The van der Waals surface area contributed by atoms with Crippen LogP contribution >= 0.6 is 11.6 Å². The molecule has 4 nitrogen and oxygen atoms in total. The molecule has 2 heterocycles. The third-order valence-electron chi connectivity index (χ3n) is 3.20. The van der Waals surface area contributed by atoms with Crippen molar-refractivity contribution in [3.63, 3.8) is 0 Å². The highest BCUT2D eigenvalue weighted by molar-refractivity contribution is 6.30. The van der Waals surface area contributed by atoms with Gasteiger partial charge in [-0.15, -0.1) is 0 Å². The maximum atomic E-state index is 9.43. The van der Waals surface area contributed by atoms with Gasteiger partial charge in [-0.1, -0.05) is 23.7 Å². The molecule has 21 heavy (non-hydrogen) atoms. The second kappa shape index (κ2) is 5.39. The summed E-state index contributed by atoms with van der Waals surface area (Å²) >= 11 is 5.87. The minimum absolute atomic E-state index is 0.484. The third kappa shape index (κ3) is 2.51. The van der Waals surface area contributed by atoms with Gasteiger partial charge in [-0.25, -0.2) is 9.97 Å². The standard InChI is InChI=1S/C16H11ClN4/c1-21-14-3-2-8-19-15(14)20-16(21)12(10-18)9-11-4-6-13(17)7-5-11/h2-9H,1H3/b12-9-. The number of hydrogen-bond donors (Lipinski definition) is 0. The molecule has 0 N–H and O–H groups in total. The van der Waals surface area contributed by atoms with Crippen molar-refractivity contribution in [1.29, 1.82) is 5.26 Å². The van der Waals surface area contributed by atoms with Gasteiger partial charge < -0.3 is 4.57 Å². The lowest BCUT2D eigenvalue weighted by molar-refractivity contribution is 0.925. The summed E-state index contributed by atoms with van der Waals surface area (Å²) in [7, 11) is 1.87. The van der Waals surface area contributed by atoms with Gasteiger partial charge in [0.2, 0.25) is 0 Å². The van der Waals surface area contributed by atoms with Crippen molar-refractivity contribution in [2.75, 3.05) is 0 Å². The number of pyridine rings is 1. The summed E-state index contributed by atoms with van der Waals surface area (Å²) < 4.78 is 1.87. The molecular weight excluding hydrogens is 284 g/mol. The molecule has 0 radical (unpaired) electrons. The molecular formula is C16H11ClN4. The van der Waals surface area contributed by atoms with E-state index in [2.05, 4.69) is 16.0 Å². The Balaban J connectivity index is 2.12. The van der Waals surface area contributed by atoms with Crippen LogP contribution in [0, 0.1) is 11.3 Å². The fourth-order valence-corrected chi connectivity index (χ4v) is 2.27. The number of aromatic nitrogens is 3. The summed E-state index contributed by atoms with van der Waals surface area (Å²) in [5, 5.41) is 10.1. The van der Waals surface area contributed by atoms with E-state index in [-0.39, 0.29) is 0 Å². The normalized spacial score (nSPS) is 11.6. The van der Waals surface area contributed by atoms with Crippen LogP contribution < -0.4 is 0 Å². The zero-order valence-electron chi connectivity index (χ0n) is 11.3. The maximum Gasteiger partial charge on any atom is 0.178 e. The van der Waals surface area contributed by atoms with Crippen LogP contribution in [0.25, 0.3) is 22.8 Å². The SMILES string of the molecule is Cn1c(/C(C#N)=C\c2ccc(Cl)cc2)nc2ncccc21. The van der Waals surface area contributed by atoms with Gasteiger partial charge in [-0.2, -0.15) is 5.26 Å². The number of nitrogens with zero attached hydrogens (tertiary/aromatic N) is 4. The molecule has 0 spiro atoms. The number of allylic oxidation sites excluding steroid dienone is 1. The van der Waals surface area contributed by atoms with E-state index in [1.54, 1.807) is 24.4 Å². The van der Waals surface area contributed by atoms with E-state index in [1.807, 2.05) is 35.9 Å². The van der Waals surface area contributed by atoms with E-state index in [9.17, 15) is 5.26 Å². The Kier molecular flexibility index (Phi) is 3.43. The number of nitriles is 1. The second-order valence-corrected chi connectivity index (χ2v) is 5.00. The quantitative estimate of drug-likeness (QED) is 0.677. The van der Waals surface area contributed by atoms with Crippen LogP contribution in [0.1, 0.15) is 11.4 Å². The van der Waals surface area contributed by atoms with Crippen molar-refractivity contribution in [2.45, 2.75) is 0 Å². The van der Waals surface area contributed by atoms with Crippen LogP contribution in [-0.4, -0.2) is 14.5 Å². The van der Waals surface area contributed by atoms with Gasteiger partial charge in [0, 0.05) is 18.3 Å². The van der Waals surface area contributed by atoms with E-state index in [0.29, 0.717) is 22.1 Å². The van der Waals surface area contributed by atoms with Gasteiger partial charge in [0.1, 0.15) is 6.07 Å². The minimum Gasteiger partial charge on any atom is -0.325 e.